The molecule has 0 unspecified atom stereocenters. The number of ether oxygens (including phenoxy) is 1. The van der Waals surface area contributed by atoms with Crippen molar-refractivity contribution < 1.29 is 13.2 Å². The number of aromatic nitrogens is 2. The number of nitrogens with zero attached hydrogens (tertiary/aromatic N) is 4. The van der Waals surface area contributed by atoms with E-state index in [9.17, 15) is 8.42 Å². The van der Waals surface area contributed by atoms with Gasteiger partial charge in [0.05, 0.1) is 18.1 Å². The Kier molecular flexibility index (Phi) is 5.61. The van der Waals surface area contributed by atoms with Crippen LogP contribution in [0.5, 0.6) is 0 Å². The second kappa shape index (κ2) is 7.75. The predicted octanol–water partition coefficient (Wildman–Crippen LogP) is 1.96. The smallest absolute Gasteiger partial charge is 0.242 e. The second-order valence-electron chi connectivity index (χ2n) is 5.92. The lowest BCUT2D eigenvalue weighted by Gasteiger charge is -2.27. The summed E-state index contributed by atoms with van der Waals surface area (Å²) in [6.45, 7) is 2.61. The van der Waals surface area contributed by atoms with Gasteiger partial charge in [-0.3, -0.25) is 0 Å². The first-order valence-electron chi connectivity index (χ1n) is 8.03. The van der Waals surface area contributed by atoms with Gasteiger partial charge in [-0.05, 0) is 18.2 Å². The minimum Gasteiger partial charge on any atom is -0.378 e. The Morgan fingerprint density at radius 1 is 1.19 bits per heavy atom. The quantitative estimate of drug-likeness (QED) is 0.771. The molecular weight excluding hydrogens is 378 g/mol. The van der Waals surface area contributed by atoms with Crippen molar-refractivity contribution in [3.8, 4) is 0 Å². The number of anilines is 3. The van der Waals surface area contributed by atoms with E-state index in [1.54, 1.807) is 30.3 Å². The van der Waals surface area contributed by atoms with Crippen LogP contribution in [0.2, 0.25) is 5.15 Å². The van der Waals surface area contributed by atoms with Crippen LogP contribution in [-0.2, 0) is 14.8 Å². The molecule has 1 aliphatic heterocycles. The summed E-state index contributed by atoms with van der Waals surface area (Å²) < 4.78 is 31.1. The molecule has 1 aromatic heterocycles. The minimum absolute atomic E-state index is 0.195. The monoisotopic (exact) mass is 397 g/mol. The molecule has 3 rings (SSSR count). The number of rotatable bonds is 5. The molecule has 2 heterocycles. The fourth-order valence-electron chi connectivity index (χ4n) is 2.47. The van der Waals surface area contributed by atoms with Gasteiger partial charge in [0.25, 0.3) is 0 Å². The number of nitrogens with one attached hydrogen (secondary N) is 1. The van der Waals surface area contributed by atoms with Crippen molar-refractivity contribution in [2.75, 3.05) is 50.6 Å². The lowest BCUT2D eigenvalue weighted by Crippen LogP contribution is -2.37. The summed E-state index contributed by atoms with van der Waals surface area (Å²) in [5.74, 6) is 1.01. The highest BCUT2D eigenvalue weighted by molar-refractivity contribution is 7.89. The average molecular weight is 398 g/mol. The molecule has 10 heteroatoms. The number of halogens is 1. The van der Waals surface area contributed by atoms with Gasteiger partial charge in [0.2, 0.25) is 16.0 Å². The summed E-state index contributed by atoms with van der Waals surface area (Å²) in [6, 6.07) is 8.13. The largest absolute Gasteiger partial charge is 0.378 e. The summed E-state index contributed by atoms with van der Waals surface area (Å²) in [7, 11) is -0.524. The summed E-state index contributed by atoms with van der Waals surface area (Å²) in [6.07, 6.45) is 0. The third-order valence-corrected chi connectivity index (χ3v) is 5.87. The molecule has 0 saturated carbocycles. The Morgan fingerprint density at radius 2 is 1.92 bits per heavy atom. The normalized spacial score (nSPS) is 15.3. The first kappa shape index (κ1) is 18.8. The van der Waals surface area contributed by atoms with Crippen LogP contribution in [0.1, 0.15) is 0 Å². The predicted molar refractivity (Wildman–Crippen MR) is 101 cm³/mol. The van der Waals surface area contributed by atoms with Crippen LogP contribution in [0.4, 0.5) is 17.5 Å². The molecule has 0 radical (unpaired) electrons. The molecule has 1 fully saturated rings. The van der Waals surface area contributed by atoms with E-state index in [0.29, 0.717) is 48.9 Å². The Hall–Kier alpha value is -1.94. The number of morpholine rings is 1. The molecule has 26 heavy (non-hydrogen) atoms. The molecule has 1 aliphatic rings. The summed E-state index contributed by atoms with van der Waals surface area (Å²) in [5.41, 5.74) is 0.593. The van der Waals surface area contributed by atoms with Gasteiger partial charge in [-0.25, -0.2) is 17.7 Å². The molecule has 140 valence electrons. The topological polar surface area (TPSA) is 87.7 Å². The van der Waals surface area contributed by atoms with E-state index in [-0.39, 0.29) is 4.90 Å². The van der Waals surface area contributed by atoms with E-state index in [1.165, 1.54) is 18.4 Å². The third kappa shape index (κ3) is 4.24. The average Bonchev–Trinajstić information content (AvgIpc) is 2.62. The lowest BCUT2D eigenvalue weighted by atomic mass is 10.3. The number of hydrogen-bond acceptors (Lipinski definition) is 7. The molecule has 0 atom stereocenters. The number of benzene rings is 1. The van der Waals surface area contributed by atoms with Gasteiger partial charge in [0.15, 0.2) is 0 Å². The molecule has 1 N–H and O–H groups in total. The summed E-state index contributed by atoms with van der Waals surface area (Å²) in [5, 5.41) is 3.41. The molecule has 0 spiro atoms. The SMILES string of the molecule is CN(C)S(=O)(=O)c1cccc(Nc2cc(Cl)nc(N3CCOCC3)n2)c1. The highest BCUT2D eigenvalue weighted by Gasteiger charge is 2.18. The van der Waals surface area contributed by atoms with Gasteiger partial charge >= 0.3 is 0 Å². The molecule has 0 aliphatic carbocycles. The maximum Gasteiger partial charge on any atom is 0.242 e. The van der Waals surface area contributed by atoms with Crippen molar-refractivity contribution in [3.63, 3.8) is 0 Å². The molecule has 2 aromatic rings. The maximum atomic E-state index is 12.3. The Morgan fingerprint density at radius 3 is 2.62 bits per heavy atom. The van der Waals surface area contributed by atoms with E-state index < -0.39 is 10.0 Å². The number of hydrogen-bond donors (Lipinski definition) is 1. The zero-order valence-corrected chi connectivity index (χ0v) is 16.1. The standard InChI is InChI=1S/C16H20ClN5O3S/c1-21(2)26(23,24)13-5-3-4-12(10-13)18-15-11-14(17)19-16(20-15)22-6-8-25-9-7-22/h3-5,10-11H,6-9H2,1-2H3,(H,18,19,20). The van der Waals surface area contributed by atoms with Crippen molar-refractivity contribution in [3.05, 3.63) is 35.5 Å². The van der Waals surface area contributed by atoms with Crippen molar-refractivity contribution in [1.29, 1.82) is 0 Å². The second-order valence-corrected chi connectivity index (χ2v) is 8.45. The Balaban J connectivity index is 1.86. The Bertz CT molecular complexity index is 885. The first-order chi connectivity index (χ1) is 12.4. The molecular formula is C16H20ClN5O3S. The summed E-state index contributed by atoms with van der Waals surface area (Å²) >= 11 is 6.13. The molecule has 8 nitrogen and oxygen atoms in total. The molecule has 1 saturated heterocycles. The molecule has 0 bridgehead atoms. The van der Waals surface area contributed by atoms with E-state index in [0.717, 1.165) is 0 Å². The fourth-order valence-corrected chi connectivity index (χ4v) is 3.59. The van der Waals surface area contributed by atoms with E-state index in [1.807, 2.05) is 4.90 Å². The van der Waals surface area contributed by atoms with Crippen molar-refractivity contribution in [2.45, 2.75) is 4.90 Å². The first-order valence-corrected chi connectivity index (χ1v) is 9.85. The Labute approximate surface area is 157 Å². The molecule has 0 amide bonds. The number of sulfonamides is 1. The van der Waals surface area contributed by atoms with E-state index in [2.05, 4.69) is 15.3 Å². The maximum absolute atomic E-state index is 12.3. The van der Waals surface area contributed by atoms with E-state index >= 15 is 0 Å². The van der Waals surface area contributed by atoms with Gasteiger partial charge in [0, 0.05) is 38.9 Å². The lowest BCUT2D eigenvalue weighted by molar-refractivity contribution is 0.122. The van der Waals surface area contributed by atoms with Gasteiger partial charge < -0.3 is 15.0 Å². The minimum atomic E-state index is -3.51. The van der Waals surface area contributed by atoms with Crippen molar-refractivity contribution in [2.24, 2.45) is 0 Å². The van der Waals surface area contributed by atoms with Crippen LogP contribution in [-0.4, -0.2) is 63.1 Å². The van der Waals surface area contributed by atoms with Crippen molar-refractivity contribution >= 4 is 39.1 Å². The van der Waals surface area contributed by atoms with Gasteiger partial charge in [-0.1, -0.05) is 17.7 Å². The van der Waals surface area contributed by atoms with Crippen LogP contribution in [0.25, 0.3) is 0 Å². The van der Waals surface area contributed by atoms with Crippen LogP contribution < -0.4 is 10.2 Å². The van der Waals surface area contributed by atoms with E-state index in [4.69, 9.17) is 16.3 Å². The van der Waals surface area contributed by atoms with Gasteiger partial charge in [-0.15, -0.1) is 0 Å². The molecule has 1 aromatic carbocycles. The zero-order valence-electron chi connectivity index (χ0n) is 14.5. The third-order valence-electron chi connectivity index (χ3n) is 3.86. The van der Waals surface area contributed by atoms with Crippen LogP contribution in [0, 0.1) is 0 Å². The van der Waals surface area contributed by atoms with Gasteiger partial charge in [0.1, 0.15) is 11.0 Å². The fraction of sp³-hybridized carbons (Fsp3) is 0.375. The van der Waals surface area contributed by atoms with Crippen LogP contribution in [0.15, 0.2) is 35.2 Å². The highest BCUT2D eigenvalue weighted by atomic mass is 35.5. The highest BCUT2D eigenvalue weighted by Crippen LogP contribution is 2.24. The van der Waals surface area contributed by atoms with Crippen molar-refractivity contribution in [1.82, 2.24) is 14.3 Å². The van der Waals surface area contributed by atoms with Crippen LogP contribution >= 0.6 is 11.6 Å². The van der Waals surface area contributed by atoms with Crippen LogP contribution in [0.3, 0.4) is 0 Å². The zero-order chi connectivity index (χ0) is 18.7. The summed E-state index contributed by atoms with van der Waals surface area (Å²) in [4.78, 5) is 10.9. The van der Waals surface area contributed by atoms with Gasteiger partial charge in [-0.2, -0.15) is 4.98 Å².